The van der Waals surface area contributed by atoms with E-state index < -0.39 is 34.0 Å². The molecule has 2 atom stereocenters. The number of carboxylic acid groups (broad SMARTS) is 1. The number of carbonyl (C=O) groups is 2. The number of sulfonamides is 1. The zero-order chi connectivity index (χ0) is 28.2. The smallest absolute Gasteiger partial charge is 0.327 e. The van der Waals surface area contributed by atoms with Crippen LogP contribution >= 0.6 is 11.6 Å². The Morgan fingerprint density at radius 1 is 1.05 bits per heavy atom. The number of rotatable bonds is 10. The minimum absolute atomic E-state index is 0.0433. The predicted molar refractivity (Wildman–Crippen MR) is 144 cm³/mol. The lowest BCUT2D eigenvalue weighted by Crippen LogP contribution is -2.27. The second-order valence-corrected chi connectivity index (χ2v) is 10.7. The number of carboxylic acids is 1. The molecule has 2 aromatic heterocycles. The maximum absolute atomic E-state index is 13.2. The van der Waals surface area contributed by atoms with Crippen molar-refractivity contribution in [3.05, 3.63) is 107 Å². The summed E-state index contributed by atoms with van der Waals surface area (Å²) in [7, 11) is -2.60. The minimum Gasteiger partial charge on any atom is -0.480 e. The maximum Gasteiger partial charge on any atom is 0.327 e. The van der Waals surface area contributed by atoms with E-state index in [0.717, 1.165) is 11.8 Å². The van der Waals surface area contributed by atoms with Crippen LogP contribution in [-0.2, 0) is 37.8 Å². The van der Waals surface area contributed by atoms with Crippen molar-refractivity contribution in [3.8, 4) is 0 Å². The summed E-state index contributed by atoms with van der Waals surface area (Å²) in [4.78, 5) is 29.1. The van der Waals surface area contributed by atoms with E-state index in [0.29, 0.717) is 12.0 Å². The van der Waals surface area contributed by atoms with E-state index in [-0.39, 0.29) is 27.1 Å². The van der Waals surface area contributed by atoms with Crippen molar-refractivity contribution in [2.75, 3.05) is 4.72 Å². The number of nitrogens with zero attached hydrogens (tertiary/aromatic N) is 3. The lowest BCUT2D eigenvalue weighted by molar-refractivity contribution is -0.158. The van der Waals surface area contributed by atoms with Crippen molar-refractivity contribution in [1.82, 2.24) is 14.8 Å². The first-order valence-corrected chi connectivity index (χ1v) is 13.6. The van der Waals surface area contributed by atoms with Crippen molar-refractivity contribution >= 4 is 39.3 Å². The molecule has 0 aliphatic rings. The number of aryl methyl sites for hydroxylation is 2. The van der Waals surface area contributed by atoms with Crippen LogP contribution in [-0.4, -0.2) is 40.2 Å². The maximum atomic E-state index is 13.2. The zero-order valence-corrected chi connectivity index (χ0v) is 22.6. The molecule has 4 rings (SSSR count). The molecule has 4 aromatic rings. The van der Waals surface area contributed by atoms with Gasteiger partial charge in [0.2, 0.25) is 0 Å². The lowest BCUT2D eigenvalue weighted by Gasteiger charge is -2.21. The fourth-order valence-corrected chi connectivity index (χ4v) is 5.83. The van der Waals surface area contributed by atoms with Gasteiger partial charge < -0.3 is 9.84 Å². The van der Waals surface area contributed by atoms with Gasteiger partial charge in [0.15, 0.2) is 5.92 Å². The Labute approximate surface area is 230 Å². The Hall–Kier alpha value is -4.22. The van der Waals surface area contributed by atoms with Gasteiger partial charge in [-0.3, -0.25) is 24.0 Å². The van der Waals surface area contributed by atoms with Crippen molar-refractivity contribution in [3.63, 3.8) is 0 Å². The van der Waals surface area contributed by atoms with E-state index in [2.05, 4.69) is 14.8 Å². The van der Waals surface area contributed by atoms with Gasteiger partial charge in [0.1, 0.15) is 16.2 Å². The van der Waals surface area contributed by atoms with Gasteiger partial charge in [-0.15, -0.1) is 0 Å². The molecule has 2 unspecified atom stereocenters. The highest BCUT2D eigenvalue weighted by Gasteiger charge is 2.34. The summed E-state index contributed by atoms with van der Waals surface area (Å²) in [6, 6.07) is 21.0. The number of hydrogen-bond acceptors (Lipinski definition) is 7. The normalized spacial score (nSPS) is 12.9. The van der Waals surface area contributed by atoms with Crippen LogP contribution in [0.3, 0.4) is 0 Å². The van der Waals surface area contributed by atoms with E-state index >= 15 is 0 Å². The largest absolute Gasteiger partial charge is 0.480 e. The third-order valence-corrected chi connectivity index (χ3v) is 7.96. The highest BCUT2D eigenvalue weighted by Crippen LogP contribution is 2.28. The predicted octanol–water partition coefficient (Wildman–Crippen LogP) is 4.27. The summed E-state index contributed by atoms with van der Waals surface area (Å²) in [6.45, 7) is 1.51. The number of esters is 1. The van der Waals surface area contributed by atoms with Gasteiger partial charge in [-0.2, -0.15) is 5.10 Å². The Morgan fingerprint density at radius 3 is 2.23 bits per heavy atom. The number of hydrogen-bond donors (Lipinski definition) is 2. The summed E-state index contributed by atoms with van der Waals surface area (Å²) >= 11 is 6.09. The molecule has 2 heterocycles. The molecule has 0 spiro atoms. The van der Waals surface area contributed by atoms with E-state index in [9.17, 15) is 23.1 Å². The van der Waals surface area contributed by atoms with Crippen LogP contribution in [0.2, 0.25) is 5.15 Å². The first kappa shape index (κ1) is 27.8. The number of carbonyl (C=O) groups excluding carboxylic acids is 1. The van der Waals surface area contributed by atoms with Gasteiger partial charge >= 0.3 is 11.9 Å². The van der Waals surface area contributed by atoms with Crippen LogP contribution in [0.25, 0.3) is 0 Å². The van der Waals surface area contributed by atoms with Gasteiger partial charge in [-0.25, -0.2) is 8.42 Å². The molecular formula is C27H25ClN4O6S. The Kier molecular flexibility index (Phi) is 8.32. The first-order valence-electron chi connectivity index (χ1n) is 11.8. The van der Waals surface area contributed by atoms with Crippen molar-refractivity contribution in [2.45, 2.75) is 30.3 Å². The summed E-state index contributed by atoms with van der Waals surface area (Å²) in [5, 5.41) is 13.8. The SMILES string of the molecule is Cc1nn(C)c(Cl)c1S(=O)(=O)Nc1ccc(C(C(=O)O)C(=O)OC(Cc2ccccc2)c2ccccc2)nc1. The lowest BCUT2D eigenvalue weighted by atomic mass is 10.0. The molecule has 0 saturated carbocycles. The molecule has 2 aromatic carbocycles. The molecule has 0 aliphatic carbocycles. The quantitative estimate of drug-likeness (QED) is 0.213. The van der Waals surface area contributed by atoms with Crippen molar-refractivity contribution in [1.29, 1.82) is 0 Å². The third kappa shape index (κ3) is 6.44. The van der Waals surface area contributed by atoms with Gasteiger partial charge in [-0.1, -0.05) is 72.3 Å². The fourth-order valence-electron chi connectivity index (χ4n) is 4.04. The number of benzene rings is 2. The molecule has 202 valence electrons. The monoisotopic (exact) mass is 568 g/mol. The second-order valence-electron chi connectivity index (χ2n) is 8.70. The summed E-state index contributed by atoms with van der Waals surface area (Å²) in [5.74, 6) is -4.18. The molecule has 0 saturated heterocycles. The number of anilines is 1. The van der Waals surface area contributed by atoms with Gasteiger partial charge in [0.25, 0.3) is 10.0 Å². The second kappa shape index (κ2) is 11.7. The summed E-state index contributed by atoms with van der Waals surface area (Å²) < 4.78 is 35.0. The molecule has 12 heteroatoms. The van der Waals surface area contributed by atoms with Gasteiger partial charge in [0.05, 0.1) is 23.3 Å². The molecule has 0 fully saturated rings. The molecule has 0 aliphatic heterocycles. The average molecular weight is 569 g/mol. The third-order valence-electron chi connectivity index (χ3n) is 5.88. The highest BCUT2D eigenvalue weighted by molar-refractivity contribution is 7.92. The van der Waals surface area contributed by atoms with Crippen LogP contribution in [0.15, 0.2) is 83.9 Å². The Balaban J connectivity index is 1.55. The molecule has 0 bridgehead atoms. The standard InChI is InChI=1S/C27H25ClN4O6S/c1-17-24(25(28)32(2)30-17)39(36,37)31-20-13-14-21(29-16-20)23(26(33)34)27(35)38-22(19-11-7-4-8-12-19)15-18-9-5-3-6-10-18/h3-14,16,22-23,31H,15H2,1-2H3,(H,33,34). The number of aromatic nitrogens is 3. The molecule has 2 N–H and O–H groups in total. The minimum atomic E-state index is -4.11. The van der Waals surface area contributed by atoms with Gasteiger partial charge in [-0.05, 0) is 30.2 Å². The van der Waals surface area contributed by atoms with Crippen molar-refractivity contribution < 1.29 is 27.9 Å². The first-order chi connectivity index (χ1) is 18.6. The van der Waals surface area contributed by atoms with Crippen LogP contribution in [0.5, 0.6) is 0 Å². The topological polar surface area (TPSA) is 140 Å². The summed E-state index contributed by atoms with van der Waals surface area (Å²) in [5.41, 5.74) is 1.75. The van der Waals surface area contributed by atoms with Gasteiger partial charge in [0, 0.05) is 13.5 Å². The van der Waals surface area contributed by atoms with Crippen LogP contribution < -0.4 is 4.72 Å². The zero-order valence-electron chi connectivity index (χ0n) is 21.0. The molecule has 10 nitrogen and oxygen atoms in total. The average Bonchev–Trinajstić information content (AvgIpc) is 3.17. The van der Waals surface area contributed by atoms with Crippen LogP contribution in [0.1, 0.15) is 34.5 Å². The van der Waals surface area contributed by atoms with Crippen LogP contribution in [0.4, 0.5) is 5.69 Å². The number of nitrogens with one attached hydrogen (secondary N) is 1. The van der Waals surface area contributed by atoms with E-state index in [4.69, 9.17) is 16.3 Å². The molecule has 0 amide bonds. The van der Waals surface area contributed by atoms with Crippen LogP contribution in [0, 0.1) is 6.92 Å². The number of aliphatic carboxylic acids is 1. The highest BCUT2D eigenvalue weighted by atomic mass is 35.5. The fraction of sp³-hybridized carbons (Fsp3) is 0.185. The van der Waals surface area contributed by atoms with Crippen molar-refractivity contribution in [2.24, 2.45) is 7.05 Å². The Bertz CT molecular complexity index is 1580. The number of ether oxygens (including phenoxy) is 1. The summed E-state index contributed by atoms with van der Waals surface area (Å²) in [6.07, 6.45) is 0.725. The Morgan fingerprint density at radius 2 is 1.69 bits per heavy atom. The number of pyridine rings is 1. The molecular weight excluding hydrogens is 544 g/mol. The molecule has 0 radical (unpaired) electrons. The van der Waals surface area contributed by atoms with E-state index in [1.165, 1.54) is 30.8 Å². The molecule has 39 heavy (non-hydrogen) atoms. The number of halogens is 1. The van der Waals surface area contributed by atoms with E-state index in [1.807, 2.05) is 36.4 Å². The van der Waals surface area contributed by atoms with E-state index in [1.54, 1.807) is 24.3 Å².